The van der Waals surface area contributed by atoms with Gasteiger partial charge < -0.3 is 5.32 Å². The highest BCUT2D eigenvalue weighted by molar-refractivity contribution is 14.1. The summed E-state index contributed by atoms with van der Waals surface area (Å²) in [5.41, 5.74) is 0.494. The van der Waals surface area contributed by atoms with E-state index in [1.54, 1.807) is 24.4 Å². The van der Waals surface area contributed by atoms with Gasteiger partial charge in [-0.15, -0.1) is 0 Å². The van der Waals surface area contributed by atoms with Gasteiger partial charge in [0, 0.05) is 16.0 Å². The Kier molecular flexibility index (Phi) is 4.06. The fourth-order valence-electron chi connectivity index (χ4n) is 1.15. The Bertz CT molecular complexity index is 527. The number of carbonyl (C=O) groups is 1. The van der Waals surface area contributed by atoms with E-state index in [4.69, 9.17) is 0 Å². The maximum absolute atomic E-state index is 11.8. The van der Waals surface area contributed by atoms with Gasteiger partial charge in [-0.3, -0.25) is 4.79 Å². The van der Waals surface area contributed by atoms with Crippen molar-refractivity contribution >= 4 is 50.2 Å². The van der Waals surface area contributed by atoms with Gasteiger partial charge in [0.15, 0.2) is 0 Å². The first-order chi connectivity index (χ1) is 8.15. The summed E-state index contributed by atoms with van der Waals surface area (Å²) < 4.78 is 1.72. The average molecular weight is 404 g/mol. The lowest BCUT2D eigenvalue weighted by atomic mass is 10.3. The van der Waals surface area contributed by atoms with Crippen molar-refractivity contribution in [3.63, 3.8) is 0 Å². The number of aromatic nitrogens is 2. The third-order valence-corrected chi connectivity index (χ3v) is 3.07. The number of rotatable bonds is 2. The zero-order chi connectivity index (χ0) is 12.3. The molecule has 0 spiro atoms. The van der Waals surface area contributed by atoms with Gasteiger partial charge in [-0.05, 0) is 62.8 Å². The van der Waals surface area contributed by atoms with Crippen molar-refractivity contribution in [2.75, 3.05) is 5.32 Å². The second-order valence-electron chi connectivity index (χ2n) is 3.19. The fourth-order valence-corrected chi connectivity index (χ4v) is 1.70. The van der Waals surface area contributed by atoms with Crippen LogP contribution in [-0.4, -0.2) is 15.9 Å². The van der Waals surface area contributed by atoms with E-state index in [0.717, 1.165) is 3.57 Å². The van der Waals surface area contributed by atoms with Gasteiger partial charge in [-0.2, -0.15) is 0 Å². The summed E-state index contributed by atoms with van der Waals surface area (Å²) >= 11 is 5.37. The van der Waals surface area contributed by atoms with Gasteiger partial charge in [0.25, 0.3) is 5.91 Å². The molecular formula is C11H7BrIN3O. The van der Waals surface area contributed by atoms with Crippen LogP contribution >= 0.6 is 38.5 Å². The Morgan fingerprint density at radius 1 is 1.18 bits per heavy atom. The lowest BCUT2D eigenvalue weighted by Gasteiger charge is -2.03. The average Bonchev–Trinajstić information content (AvgIpc) is 2.33. The summed E-state index contributed by atoms with van der Waals surface area (Å²) in [6.07, 6.45) is 3.20. The zero-order valence-electron chi connectivity index (χ0n) is 8.52. The Morgan fingerprint density at radius 3 is 2.59 bits per heavy atom. The molecule has 4 nitrogen and oxygen atoms in total. The summed E-state index contributed by atoms with van der Waals surface area (Å²) in [7, 11) is 0. The van der Waals surface area contributed by atoms with Gasteiger partial charge in [0.2, 0.25) is 0 Å². The smallest absolute Gasteiger partial charge is 0.258 e. The van der Waals surface area contributed by atoms with Crippen LogP contribution in [0.25, 0.3) is 0 Å². The molecule has 2 aromatic rings. The fraction of sp³-hybridized carbons (Fsp3) is 0. The van der Waals surface area contributed by atoms with E-state index in [1.165, 1.54) is 6.20 Å². The highest BCUT2D eigenvalue weighted by Crippen LogP contribution is 2.10. The van der Waals surface area contributed by atoms with E-state index >= 15 is 0 Å². The Labute approximate surface area is 120 Å². The van der Waals surface area contributed by atoms with E-state index in [1.807, 2.05) is 6.07 Å². The van der Waals surface area contributed by atoms with Crippen molar-refractivity contribution in [1.29, 1.82) is 0 Å². The molecule has 0 unspecified atom stereocenters. The standard InChI is InChI=1S/C11H7BrIN3O/c12-9-3-1-7(5-14-9)11(17)16-10-4-2-8(13)6-15-10/h1-6H,(H,15,16,17). The Morgan fingerprint density at radius 2 is 2.00 bits per heavy atom. The first-order valence-electron chi connectivity index (χ1n) is 4.69. The number of carbonyl (C=O) groups excluding carboxylic acids is 1. The first-order valence-corrected chi connectivity index (χ1v) is 6.57. The third-order valence-electron chi connectivity index (χ3n) is 1.96. The van der Waals surface area contributed by atoms with Gasteiger partial charge in [-0.1, -0.05) is 0 Å². The van der Waals surface area contributed by atoms with Crippen molar-refractivity contribution in [3.8, 4) is 0 Å². The van der Waals surface area contributed by atoms with Gasteiger partial charge >= 0.3 is 0 Å². The summed E-state index contributed by atoms with van der Waals surface area (Å²) in [4.78, 5) is 19.9. The molecule has 0 saturated heterocycles. The molecule has 0 aliphatic heterocycles. The number of hydrogen-bond acceptors (Lipinski definition) is 3. The zero-order valence-corrected chi connectivity index (χ0v) is 12.3. The van der Waals surface area contributed by atoms with Crippen molar-refractivity contribution in [2.24, 2.45) is 0 Å². The molecule has 6 heteroatoms. The normalized spacial score (nSPS) is 10.0. The summed E-state index contributed by atoms with van der Waals surface area (Å²) in [5, 5.41) is 2.70. The maximum atomic E-state index is 11.8. The minimum atomic E-state index is -0.223. The predicted octanol–water partition coefficient (Wildman–Crippen LogP) is 3.10. The van der Waals surface area contributed by atoms with Crippen LogP contribution in [0.4, 0.5) is 5.82 Å². The van der Waals surface area contributed by atoms with E-state index < -0.39 is 0 Å². The molecule has 1 amide bonds. The second kappa shape index (κ2) is 5.54. The van der Waals surface area contributed by atoms with E-state index in [0.29, 0.717) is 16.0 Å². The van der Waals surface area contributed by atoms with Crippen LogP contribution in [0.2, 0.25) is 0 Å². The molecule has 86 valence electrons. The summed E-state index contributed by atoms with van der Waals surface area (Å²) in [5.74, 6) is 0.303. The number of halogens is 2. The van der Waals surface area contributed by atoms with Crippen LogP contribution in [-0.2, 0) is 0 Å². The number of anilines is 1. The molecule has 0 aromatic carbocycles. The molecule has 0 aliphatic carbocycles. The molecule has 2 rings (SSSR count). The van der Waals surface area contributed by atoms with E-state index in [2.05, 4.69) is 53.8 Å². The largest absolute Gasteiger partial charge is 0.307 e. The summed E-state index contributed by atoms with van der Waals surface area (Å²) in [6.45, 7) is 0. The third kappa shape index (κ3) is 3.47. The van der Waals surface area contributed by atoms with Crippen molar-refractivity contribution in [1.82, 2.24) is 9.97 Å². The van der Waals surface area contributed by atoms with Crippen LogP contribution in [0.15, 0.2) is 41.3 Å². The highest BCUT2D eigenvalue weighted by atomic mass is 127. The molecule has 17 heavy (non-hydrogen) atoms. The number of nitrogens with one attached hydrogen (secondary N) is 1. The van der Waals surface area contributed by atoms with Crippen LogP contribution in [0.3, 0.4) is 0 Å². The number of nitrogens with zero attached hydrogens (tertiary/aromatic N) is 2. The number of pyridine rings is 2. The lowest BCUT2D eigenvalue weighted by molar-refractivity contribution is 0.102. The SMILES string of the molecule is O=C(Nc1ccc(I)cn1)c1ccc(Br)nc1. The molecule has 0 aliphatic rings. The van der Waals surface area contributed by atoms with Gasteiger partial charge in [-0.25, -0.2) is 9.97 Å². The van der Waals surface area contributed by atoms with E-state index in [9.17, 15) is 4.79 Å². The second-order valence-corrected chi connectivity index (χ2v) is 5.24. The molecule has 2 aromatic heterocycles. The van der Waals surface area contributed by atoms with Gasteiger partial charge in [0.1, 0.15) is 10.4 Å². The maximum Gasteiger partial charge on any atom is 0.258 e. The first kappa shape index (κ1) is 12.4. The molecule has 0 bridgehead atoms. The monoisotopic (exact) mass is 403 g/mol. The van der Waals surface area contributed by atoms with Crippen molar-refractivity contribution in [3.05, 3.63) is 50.4 Å². The molecule has 0 atom stereocenters. The molecular weight excluding hydrogens is 397 g/mol. The molecule has 2 heterocycles. The quantitative estimate of drug-likeness (QED) is 0.619. The van der Waals surface area contributed by atoms with Crippen LogP contribution in [0.1, 0.15) is 10.4 Å². The van der Waals surface area contributed by atoms with Crippen LogP contribution in [0, 0.1) is 3.57 Å². The topological polar surface area (TPSA) is 54.9 Å². The molecule has 1 N–H and O–H groups in total. The van der Waals surface area contributed by atoms with Gasteiger partial charge in [0.05, 0.1) is 5.56 Å². The Balaban J connectivity index is 2.11. The van der Waals surface area contributed by atoms with Crippen molar-refractivity contribution in [2.45, 2.75) is 0 Å². The molecule has 0 saturated carbocycles. The summed E-state index contributed by atoms with van der Waals surface area (Å²) in [6, 6.07) is 7.05. The molecule has 0 fully saturated rings. The minimum absolute atomic E-state index is 0.223. The van der Waals surface area contributed by atoms with Crippen molar-refractivity contribution < 1.29 is 4.79 Å². The highest BCUT2D eigenvalue weighted by Gasteiger charge is 2.06. The lowest BCUT2D eigenvalue weighted by Crippen LogP contribution is -2.13. The minimum Gasteiger partial charge on any atom is -0.307 e. The van der Waals surface area contributed by atoms with Crippen LogP contribution < -0.4 is 5.32 Å². The molecule has 0 radical (unpaired) electrons. The number of amides is 1. The predicted molar refractivity (Wildman–Crippen MR) is 76.8 cm³/mol. The van der Waals surface area contributed by atoms with Crippen LogP contribution in [0.5, 0.6) is 0 Å². The Hall–Kier alpha value is -1.02. The van der Waals surface area contributed by atoms with E-state index in [-0.39, 0.29) is 5.91 Å². The number of hydrogen-bond donors (Lipinski definition) is 1.